The van der Waals surface area contributed by atoms with E-state index in [1.54, 1.807) is 6.92 Å². The van der Waals surface area contributed by atoms with Crippen molar-refractivity contribution in [2.45, 2.75) is 13.3 Å². The van der Waals surface area contributed by atoms with Crippen LogP contribution in [0.3, 0.4) is 0 Å². The van der Waals surface area contributed by atoms with Gasteiger partial charge in [-0.2, -0.15) is 5.10 Å². The van der Waals surface area contributed by atoms with Crippen LogP contribution in [0.1, 0.15) is 18.1 Å². The predicted molar refractivity (Wildman–Crippen MR) is 86.6 cm³/mol. The van der Waals surface area contributed by atoms with Crippen LogP contribution in [0.4, 0.5) is 8.78 Å². The van der Waals surface area contributed by atoms with Crippen molar-refractivity contribution >= 4 is 35.0 Å². The van der Waals surface area contributed by atoms with Crippen LogP contribution in [-0.2, 0) is 20.7 Å². The highest BCUT2D eigenvalue weighted by Gasteiger charge is 2.25. The maximum atomic E-state index is 13.8. The molecule has 1 aliphatic heterocycles. The molecule has 2 rings (SSSR count). The number of nitrogens with one attached hydrogen (secondary N) is 1. The highest BCUT2D eigenvalue weighted by molar-refractivity contribution is 8.18. The number of carbonyl (C=O) groups is 2. The first kappa shape index (κ1) is 17.8. The minimum atomic E-state index is -1.01. The molecule has 0 spiro atoms. The van der Waals surface area contributed by atoms with E-state index in [4.69, 9.17) is 0 Å². The number of carbonyl (C=O) groups excluding carboxylic acids is 2. The van der Waals surface area contributed by atoms with Crippen molar-refractivity contribution < 1.29 is 23.1 Å². The second-order valence-corrected chi connectivity index (χ2v) is 5.56. The normalized spacial score (nSPS) is 17.8. The predicted octanol–water partition coefficient (Wildman–Crippen LogP) is 2.14. The lowest BCUT2D eigenvalue weighted by atomic mass is 10.1. The van der Waals surface area contributed by atoms with Gasteiger partial charge in [-0.25, -0.2) is 13.6 Å². The average Bonchev–Trinajstić information content (AvgIpc) is 2.91. The van der Waals surface area contributed by atoms with E-state index in [9.17, 15) is 18.4 Å². The molecule has 0 unspecified atom stereocenters. The van der Waals surface area contributed by atoms with Gasteiger partial charge in [0.05, 0.1) is 18.2 Å². The molecule has 6 nitrogen and oxygen atoms in total. The Labute approximate surface area is 140 Å². The summed E-state index contributed by atoms with van der Waals surface area (Å²) in [4.78, 5) is 22.8. The molecule has 24 heavy (non-hydrogen) atoms. The van der Waals surface area contributed by atoms with E-state index < -0.39 is 23.5 Å². The minimum absolute atomic E-state index is 0.0614. The van der Waals surface area contributed by atoms with Gasteiger partial charge in [0, 0.05) is 11.6 Å². The van der Waals surface area contributed by atoms with Gasteiger partial charge in [0.25, 0.3) is 5.91 Å². The molecule has 1 aliphatic rings. The molecule has 126 valence electrons. The number of amides is 1. The molecule has 9 heteroatoms. The number of nitrogens with zero attached hydrogens (tertiary/aromatic N) is 2. The molecule has 1 saturated heterocycles. The summed E-state index contributed by atoms with van der Waals surface area (Å²) in [7, 11) is 1.19. The van der Waals surface area contributed by atoms with Crippen molar-refractivity contribution in [3.8, 4) is 0 Å². The van der Waals surface area contributed by atoms with Gasteiger partial charge >= 0.3 is 5.97 Å². The van der Waals surface area contributed by atoms with E-state index in [-0.39, 0.29) is 21.2 Å². The summed E-state index contributed by atoms with van der Waals surface area (Å²) in [6.45, 7) is 1.72. The third kappa shape index (κ3) is 4.05. The SMILES string of the molecule is CCc1ccc(C=N/N=C2/NC(=O)/C(=C\C(=O)OC)S2)c(F)c1F. The summed E-state index contributed by atoms with van der Waals surface area (Å²) in [6, 6.07) is 2.86. The lowest BCUT2D eigenvalue weighted by Crippen LogP contribution is -2.19. The Balaban J connectivity index is 2.13. The fourth-order valence-electron chi connectivity index (χ4n) is 1.76. The second-order valence-electron chi connectivity index (χ2n) is 4.53. The molecule has 1 aromatic rings. The molecule has 0 bridgehead atoms. The van der Waals surface area contributed by atoms with Gasteiger partial charge in [0.15, 0.2) is 16.8 Å². The number of hydrogen-bond donors (Lipinski definition) is 1. The topological polar surface area (TPSA) is 80.1 Å². The summed E-state index contributed by atoms with van der Waals surface area (Å²) in [5.41, 5.74) is 0.209. The van der Waals surface area contributed by atoms with Crippen LogP contribution in [0.15, 0.2) is 33.3 Å². The van der Waals surface area contributed by atoms with Crippen molar-refractivity contribution in [1.82, 2.24) is 5.32 Å². The van der Waals surface area contributed by atoms with Gasteiger partial charge in [-0.1, -0.05) is 13.0 Å². The van der Waals surface area contributed by atoms with Crippen LogP contribution in [0.25, 0.3) is 0 Å². The van der Waals surface area contributed by atoms with E-state index in [0.29, 0.717) is 6.42 Å². The van der Waals surface area contributed by atoms with Crippen LogP contribution in [0, 0.1) is 11.6 Å². The molecule has 0 aromatic heterocycles. The van der Waals surface area contributed by atoms with Crippen molar-refractivity contribution in [3.05, 3.63) is 45.9 Å². The number of esters is 1. The molecule has 0 saturated carbocycles. The standard InChI is InChI=1S/C15H13F2N3O3S/c1-3-8-4-5-9(13(17)12(8)16)7-18-20-15-19-14(22)10(24-15)6-11(21)23-2/h4-7H,3H2,1-2H3,(H,19,20,22)/b10-6+,18-7?. The summed E-state index contributed by atoms with van der Waals surface area (Å²) < 4.78 is 31.9. The third-order valence-corrected chi connectivity index (χ3v) is 3.92. The van der Waals surface area contributed by atoms with Crippen molar-refractivity contribution in [1.29, 1.82) is 0 Å². The van der Waals surface area contributed by atoms with Gasteiger partial charge < -0.3 is 4.74 Å². The monoisotopic (exact) mass is 353 g/mol. The fraction of sp³-hybridized carbons (Fsp3) is 0.200. The Kier molecular flexibility index (Phi) is 5.80. The van der Waals surface area contributed by atoms with E-state index in [1.807, 2.05) is 0 Å². The van der Waals surface area contributed by atoms with Crippen molar-refractivity contribution in [3.63, 3.8) is 0 Å². The van der Waals surface area contributed by atoms with Crippen LogP contribution >= 0.6 is 11.8 Å². The van der Waals surface area contributed by atoms with E-state index >= 15 is 0 Å². The van der Waals surface area contributed by atoms with Gasteiger partial charge in [-0.05, 0) is 29.8 Å². The van der Waals surface area contributed by atoms with Crippen LogP contribution < -0.4 is 5.32 Å². The summed E-state index contributed by atoms with van der Waals surface area (Å²) >= 11 is 0.879. The van der Waals surface area contributed by atoms with Gasteiger partial charge in [-0.15, -0.1) is 5.10 Å². The summed E-state index contributed by atoms with van der Waals surface area (Å²) in [6.07, 6.45) is 2.44. The minimum Gasteiger partial charge on any atom is -0.466 e. The Morgan fingerprint density at radius 2 is 2.12 bits per heavy atom. The summed E-state index contributed by atoms with van der Waals surface area (Å²) in [5, 5.41) is 9.82. The zero-order valence-electron chi connectivity index (χ0n) is 12.8. The molecule has 1 fully saturated rings. The molecule has 0 radical (unpaired) electrons. The quantitative estimate of drug-likeness (QED) is 0.389. The van der Waals surface area contributed by atoms with Gasteiger partial charge in [-0.3, -0.25) is 10.1 Å². The maximum absolute atomic E-state index is 13.8. The van der Waals surface area contributed by atoms with Crippen molar-refractivity contribution in [2.24, 2.45) is 10.2 Å². The smallest absolute Gasteiger partial charge is 0.331 e. The van der Waals surface area contributed by atoms with E-state index in [2.05, 4.69) is 20.3 Å². The largest absolute Gasteiger partial charge is 0.466 e. The number of hydrogen-bond acceptors (Lipinski definition) is 6. The van der Waals surface area contributed by atoms with Crippen LogP contribution in [0.5, 0.6) is 0 Å². The lowest BCUT2D eigenvalue weighted by molar-refractivity contribution is -0.135. The van der Waals surface area contributed by atoms with Gasteiger partial charge in [0.1, 0.15) is 0 Å². The van der Waals surface area contributed by atoms with Crippen molar-refractivity contribution in [2.75, 3.05) is 7.11 Å². The van der Waals surface area contributed by atoms with Crippen LogP contribution in [-0.4, -0.2) is 30.4 Å². The Hall–Kier alpha value is -2.55. The third-order valence-electron chi connectivity index (χ3n) is 3.02. The zero-order valence-corrected chi connectivity index (χ0v) is 13.6. The zero-order chi connectivity index (χ0) is 17.7. The number of ether oxygens (including phenoxy) is 1. The van der Waals surface area contributed by atoms with E-state index in [0.717, 1.165) is 24.1 Å². The number of amidine groups is 1. The number of halogens is 2. The average molecular weight is 353 g/mol. The maximum Gasteiger partial charge on any atom is 0.331 e. The molecule has 0 atom stereocenters. The first-order chi connectivity index (χ1) is 11.5. The Morgan fingerprint density at radius 1 is 1.38 bits per heavy atom. The first-order valence-electron chi connectivity index (χ1n) is 6.83. The molecule has 0 aliphatic carbocycles. The first-order valence-corrected chi connectivity index (χ1v) is 7.64. The number of aryl methyl sites for hydroxylation is 1. The van der Waals surface area contributed by atoms with E-state index in [1.165, 1.54) is 19.2 Å². The number of thioether (sulfide) groups is 1. The highest BCUT2D eigenvalue weighted by Crippen LogP contribution is 2.23. The fourth-order valence-corrected chi connectivity index (χ4v) is 2.50. The number of benzene rings is 1. The Bertz CT molecular complexity index is 775. The van der Waals surface area contributed by atoms with Gasteiger partial charge in [0.2, 0.25) is 0 Å². The lowest BCUT2D eigenvalue weighted by Gasteiger charge is -2.02. The number of methoxy groups -OCH3 is 1. The number of rotatable bonds is 4. The molecule has 1 aromatic carbocycles. The molecule has 1 amide bonds. The molecule has 1 heterocycles. The molecular formula is C15H13F2N3O3S. The Morgan fingerprint density at radius 3 is 2.79 bits per heavy atom. The summed E-state index contributed by atoms with van der Waals surface area (Å²) in [5.74, 6) is -3.12. The second kappa shape index (κ2) is 7.82. The van der Waals surface area contributed by atoms with Crippen LogP contribution in [0.2, 0.25) is 0 Å². The molecular weight excluding hydrogens is 340 g/mol. The highest BCUT2D eigenvalue weighted by atomic mass is 32.2. The molecule has 1 N–H and O–H groups in total.